The molecule has 5 atom stereocenters. The van der Waals surface area contributed by atoms with Crippen molar-refractivity contribution >= 4 is 5.91 Å². The topological polar surface area (TPSA) is 73.2 Å². The minimum atomic E-state index is -1.06. The zero-order chi connectivity index (χ0) is 23.8. The number of nitrogens with zero attached hydrogens (tertiary/aromatic N) is 2. The maximum Gasteiger partial charge on any atom is 0.298 e. The van der Waals surface area contributed by atoms with E-state index in [1.54, 1.807) is 18.0 Å². The molecule has 4 aliphatic rings. The van der Waals surface area contributed by atoms with Gasteiger partial charge < -0.3 is 24.7 Å². The molecular formula is C28H30N2O4. The lowest BCUT2D eigenvalue weighted by Gasteiger charge is -2.64. The Balaban J connectivity index is 1.36. The Bertz CT molecular complexity index is 1260. The van der Waals surface area contributed by atoms with Crippen LogP contribution in [0.25, 0.3) is 0 Å². The molecule has 0 radical (unpaired) electrons. The monoisotopic (exact) mass is 458 g/mol. The Kier molecular flexibility index (Phi) is 4.58. The number of carbonyl (C=O) groups is 1. The second-order valence-electron chi connectivity index (χ2n) is 10.5. The maximum atomic E-state index is 13.1. The van der Waals surface area contributed by atoms with Crippen LogP contribution in [0.5, 0.6) is 11.5 Å². The molecule has 34 heavy (non-hydrogen) atoms. The number of hydrogen-bond donors (Lipinski definition) is 2. The summed E-state index contributed by atoms with van der Waals surface area (Å²) in [5, 5.41) is 23.0. The SMILES string of the molecule is Cc1cccc(C#CC(=O)N(C)[C@H]2C[C@@H]3Oc4c(O)ccc5c4[C@@]34CCN(C)[C@H](C5)[C@]4(O)C2)c1. The predicted molar refractivity (Wildman–Crippen MR) is 128 cm³/mol. The van der Waals surface area contributed by atoms with Crippen molar-refractivity contribution < 1.29 is 19.7 Å². The Morgan fingerprint density at radius 2 is 2.12 bits per heavy atom. The van der Waals surface area contributed by atoms with Gasteiger partial charge in [-0.3, -0.25) is 4.79 Å². The molecule has 1 amide bonds. The molecule has 1 saturated carbocycles. The van der Waals surface area contributed by atoms with Gasteiger partial charge in [0.1, 0.15) is 6.10 Å². The lowest BCUT2D eigenvalue weighted by Crippen LogP contribution is -2.77. The van der Waals surface area contributed by atoms with Crippen LogP contribution in [0.2, 0.25) is 0 Å². The van der Waals surface area contributed by atoms with Gasteiger partial charge in [0, 0.05) is 42.6 Å². The molecule has 1 saturated heterocycles. The highest BCUT2D eigenvalue weighted by Crippen LogP contribution is 2.65. The Labute approximate surface area is 200 Å². The zero-order valence-corrected chi connectivity index (χ0v) is 19.8. The van der Waals surface area contributed by atoms with Crippen molar-refractivity contribution in [1.29, 1.82) is 0 Å². The summed E-state index contributed by atoms with van der Waals surface area (Å²) in [4.78, 5) is 17.0. The van der Waals surface area contributed by atoms with E-state index in [9.17, 15) is 15.0 Å². The average molecular weight is 459 g/mol. The van der Waals surface area contributed by atoms with E-state index >= 15 is 0 Å². The van der Waals surface area contributed by atoms with Gasteiger partial charge in [0.2, 0.25) is 0 Å². The van der Waals surface area contributed by atoms with Crippen molar-refractivity contribution in [2.24, 2.45) is 0 Å². The third-order valence-corrected chi connectivity index (χ3v) is 8.84. The molecule has 176 valence electrons. The summed E-state index contributed by atoms with van der Waals surface area (Å²) in [5.74, 6) is 6.17. The second-order valence-corrected chi connectivity index (χ2v) is 10.5. The summed E-state index contributed by atoms with van der Waals surface area (Å²) in [6, 6.07) is 11.2. The van der Waals surface area contributed by atoms with E-state index in [1.165, 1.54) is 0 Å². The summed E-state index contributed by atoms with van der Waals surface area (Å²) in [6.07, 6.45) is 2.23. The summed E-state index contributed by atoms with van der Waals surface area (Å²) in [5.41, 5.74) is 2.45. The summed E-state index contributed by atoms with van der Waals surface area (Å²) < 4.78 is 6.41. The highest BCUT2D eigenvalue weighted by molar-refractivity contribution is 5.94. The van der Waals surface area contributed by atoms with Crippen LogP contribution < -0.4 is 4.74 Å². The molecule has 2 aliphatic heterocycles. The zero-order valence-electron chi connectivity index (χ0n) is 19.8. The van der Waals surface area contributed by atoms with Gasteiger partial charge in [-0.1, -0.05) is 24.1 Å². The normalized spacial score (nSPS) is 32.8. The fourth-order valence-electron chi connectivity index (χ4n) is 7.15. The fourth-order valence-corrected chi connectivity index (χ4v) is 7.15. The number of carbonyl (C=O) groups excluding carboxylic acids is 1. The van der Waals surface area contributed by atoms with Crippen molar-refractivity contribution in [2.75, 3.05) is 20.6 Å². The smallest absolute Gasteiger partial charge is 0.298 e. The van der Waals surface area contributed by atoms with Gasteiger partial charge >= 0.3 is 0 Å². The van der Waals surface area contributed by atoms with Gasteiger partial charge in [0.25, 0.3) is 5.91 Å². The van der Waals surface area contributed by atoms with Crippen LogP contribution in [0.3, 0.4) is 0 Å². The number of likely N-dealkylation sites (tertiary alicyclic amines) is 1. The van der Waals surface area contributed by atoms with Crippen molar-refractivity contribution in [1.82, 2.24) is 9.80 Å². The number of amides is 1. The van der Waals surface area contributed by atoms with Crippen LogP contribution in [0.1, 0.15) is 41.5 Å². The van der Waals surface area contributed by atoms with Crippen molar-refractivity contribution in [3.63, 3.8) is 0 Å². The number of aliphatic hydroxyl groups is 1. The molecule has 2 aliphatic carbocycles. The first-order chi connectivity index (χ1) is 16.2. The second kappa shape index (κ2) is 7.24. The highest BCUT2D eigenvalue weighted by atomic mass is 16.5. The number of ether oxygens (including phenoxy) is 1. The molecule has 0 aromatic heterocycles. The van der Waals surface area contributed by atoms with Crippen molar-refractivity contribution in [3.05, 3.63) is 58.7 Å². The Morgan fingerprint density at radius 3 is 2.91 bits per heavy atom. The molecule has 0 unspecified atom stereocenters. The molecule has 2 heterocycles. The van der Waals surface area contributed by atoms with Gasteiger partial charge in [-0.05, 0) is 69.1 Å². The van der Waals surface area contributed by atoms with Gasteiger partial charge in [-0.15, -0.1) is 0 Å². The third-order valence-electron chi connectivity index (χ3n) is 8.84. The standard InChI is InChI=1S/C28H30N2O4/c1-17-5-4-6-18(13-17)7-10-24(32)30(3)20-15-23-27-11-12-29(2)22(28(27,33)16-20)14-19-8-9-21(31)26(34-23)25(19)27/h4-6,8-9,13,20,22-23,31,33H,11-12,14-16H2,1-3H3/t20-,22+,23-,27+,28+/m0/s1. The number of aryl methyl sites for hydroxylation is 1. The molecule has 2 N–H and O–H groups in total. The number of phenols is 1. The van der Waals surface area contributed by atoms with E-state index in [0.717, 1.165) is 35.2 Å². The van der Waals surface area contributed by atoms with Gasteiger partial charge in [0.05, 0.1) is 11.0 Å². The molecular weight excluding hydrogens is 428 g/mol. The van der Waals surface area contributed by atoms with Gasteiger partial charge in [0.15, 0.2) is 11.5 Å². The van der Waals surface area contributed by atoms with E-state index < -0.39 is 11.0 Å². The first-order valence-electron chi connectivity index (χ1n) is 12.0. The van der Waals surface area contributed by atoms with Crippen molar-refractivity contribution in [3.8, 4) is 23.3 Å². The molecule has 6 rings (SSSR count). The summed E-state index contributed by atoms with van der Waals surface area (Å²) in [6.45, 7) is 2.86. The van der Waals surface area contributed by atoms with Crippen LogP contribution in [-0.2, 0) is 16.6 Å². The molecule has 2 aromatic carbocycles. The molecule has 6 heteroatoms. The van der Waals surface area contributed by atoms with Crippen LogP contribution in [0, 0.1) is 18.8 Å². The first kappa shape index (κ1) is 21.5. The number of hydrogen-bond acceptors (Lipinski definition) is 5. The third kappa shape index (κ3) is 2.74. The van der Waals surface area contributed by atoms with E-state index in [4.69, 9.17) is 4.74 Å². The van der Waals surface area contributed by atoms with Crippen LogP contribution in [0.4, 0.5) is 0 Å². The summed E-state index contributed by atoms with van der Waals surface area (Å²) in [7, 11) is 3.84. The molecule has 2 fully saturated rings. The van der Waals surface area contributed by atoms with Crippen LogP contribution in [-0.4, -0.2) is 70.3 Å². The fraction of sp³-hybridized carbons (Fsp3) is 0.464. The number of piperidine rings is 1. The van der Waals surface area contributed by atoms with E-state index in [0.29, 0.717) is 25.0 Å². The minimum Gasteiger partial charge on any atom is -0.504 e. The molecule has 2 bridgehead atoms. The first-order valence-corrected chi connectivity index (χ1v) is 12.0. The lowest BCUT2D eigenvalue weighted by atomic mass is 9.48. The van der Waals surface area contributed by atoms with E-state index in [1.807, 2.05) is 37.3 Å². The summed E-state index contributed by atoms with van der Waals surface area (Å²) >= 11 is 0. The number of phenolic OH excluding ortho intramolecular Hbond substituents is 1. The Morgan fingerprint density at radius 1 is 1.29 bits per heavy atom. The number of benzene rings is 2. The Hall–Kier alpha value is -3.01. The molecule has 1 spiro atoms. The number of aromatic hydroxyl groups is 1. The average Bonchev–Trinajstić information content (AvgIpc) is 3.15. The van der Waals surface area contributed by atoms with Gasteiger partial charge in [-0.25, -0.2) is 0 Å². The van der Waals surface area contributed by atoms with Crippen LogP contribution in [0.15, 0.2) is 36.4 Å². The van der Waals surface area contributed by atoms with Gasteiger partial charge in [-0.2, -0.15) is 0 Å². The van der Waals surface area contributed by atoms with Crippen LogP contribution >= 0.6 is 0 Å². The molecule has 6 nitrogen and oxygen atoms in total. The van der Waals surface area contributed by atoms with E-state index in [2.05, 4.69) is 23.8 Å². The van der Waals surface area contributed by atoms with Crippen molar-refractivity contribution in [2.45, 2.75) is 61.8 Å². The highest BCUT2D eigenvalue weighted by Gasteiger charge is 2.72. The van der Waals surface area contributed by atoms with E-state index in [-0.39, 0.29) is 29.8 Å². The number of rotatable bonds is 1. The lowest BCUT2D eigenvalue weighted by molar-refractivity contribution is -0.194. The largest absolute Gasteiger partial charge is 0.504 e. The quantitative estimate of drug-likeness (QED) is 0.642. The maximum absolute atomic E-state index is 13.1. The minimum absolute atomic E-state index is 0.0694. The number of likely N-dealkylation sites (N-methyl/N-ethyl adjacent to an activating group) is 1. The predicted octanol–water partition coefficient (Wildman–Crippen LogP) is 2.36. The molecule has 2 aromatic rings.